The third-order valence-electron chi connectivity index (χ3n) is 3.76. The Bertz CT molecular complexity index is 839. The van der Waals surface area contributed by atoms with Crippen LogP contribution in [0.25, 0.3) is 0 Å². The van der Waals surface area contributed by atoms with E-state index in [1.165, 1.54) is 16.9 Å². The maximum absolute atomic E-state index is 12.1. The highest BCUT2D eigenvalue weighted by molar-refractivity contribution is 9.10. The minimum Gasteiger partial charge on any atom is -0.466 e. The number of rotatable bonds is 7. The van der Waals surface area contributed by atoms with Gasteiger partial charge in [0.05, 0.1) is 0 Å². The molecule has 0 atom stereocenters. The first kappa shape index (κ1) is 17.9. The molecule has 1 N–H and O–H groups in total. The summed E-state index contributed by atoms with van der Waals surface area (Å²) in [7, 11) is 0. The van der Waals surface area contributed by atoms with Crippen LogP contribution in [-0.2, 0) is 24.1 Å². The van der Waals surface area contributed by atoms with Crippen molar-refractivity contribution in [3.8, 4) is 0 Å². The van der Waals surface area contributed by atoms with E-state index in [1.54, 1.807) is 0 Å². The summed E-state index contributed by atoms with van der Waals surface area (Å²) in [4.78, 5) is 17.5. The number of anilines is 1. The number of carbonyl (C=O) groups is 1. The molecule has 1 aromatic carbocycles. The van der Waals surface area contributed by atoms with Crippen molar-refractivity contribution < 1.29 is 9.21 Å². The molecule has 0 aliphatic heterocycles. The molecule has 4 nitrogen and oxygen atoms in total. The molecule has 25 heavy (non-hydrogen) atoms. The van der Waals surface area contributed by atoms with Crippen molar-refractivity contribution in [3.05, 3.63) is 69.0 Å². The molecule has 2 heterocycles. The summed E-state index contributed by atoms with van der Waals surface area (Å²) in [6.07, 6.45) is 4.49. The number of thiazole rings is 1. The van der Waals surface area contributed by atoms with Gasteiger partial charge in [-0.25, -0.2) is 4.98 Å². The number of nitrogens with zero attached hydrogens (tertiary/aromatic N) is 1. The summed E-state index contributed by atoms with van der Waals surface area (Å²) in [6, 6.07) is 12.1. The predicted molar refractivity (Wildman–Crippen MR) is 104 cm³/mol. The molecule has 0 bridgehead atoms. The zero-order chi connectivity index (χ0) is 17.6. The quantitative estimate of drug-likeness (QED) is 0.571. The summed E-state index contributed by atoms with van der Waals surface area (Å²) in [6.45, 7) is 2.05. The fraction of sp³-hybridized carbons (Fsp3) is 0.263. The van der Waals surface area contributed by atoms with Crippen LogP contribution in [0.3, 0.4) is 0 Å². The van der Waals surface area contributed by atoms with Crippen LogP contribution < -0.4 is 5.32 Å². The number of benzene rings is 1. The van der Waals surface area contributed by atoms with E-state index in [-0.39, 0.29) is 5.91 Å². The van der Waals surface area contributed by atoms with Crippen LogP contribution in [-0.4, -0.2) is 10.9 Å². The highest BCUT2D eigenvalue weighted by Gasteiger charge is 2.09. The summed E-state index contributed by atoms with van der Waals surface area (Å²) in [5.74, 6) is 1.76. The summed E-state index contributed by atoms with van der Waals surface area (Å²) < 4.78 is 6.68. The topological polar surface area (TPSA) is 55.1 Å². The van der Waals surface area contributed by atoms with Crippen molar-refractivity contribution in [2.45, 2.75) is 32.6 Å². The largest absolute Gasteiger partial charge is 0.466 e. The van der Waals surface area contributed by atoms with Crippen molar-refractivity contribution in [2.24, 2.45) is 0 Å². The maximum Gasteiger partial charge on any atom is 0.226 e. The van der Waals surface area contributed by atoms with Crippen LogP contribution in [0.1, 0.15) is 35.3 Å². The number of hydrogen-bond donors (Lipinski definition) is 1. The Hall–Kier alpha value is -1.92. The summed E-state index contributed by atoms with van der Waals surface area (Å²) in [5, 5.41) is 3.51. The lowest BCUT2D eigenvalue weighted by Crippen LogP contribution is -2.11. The molecule has 130 valence electrons. The summed E-state index contributed by atoms with van der Waals surface area (Å²) >= 11 is 4.95. The fourth-order valence-electron chi connectivity index (χ4n) is 2.42. The Balaban J connectivity index is 1.50. The van der Waals surface area contributed by atoms with Gasteiger partial charge < -0.3 is 9.73 Å². The van der Waals surface area contributed by atoms with E-state index in [2.05, 4.69) is 38.4 Å². The SMILES string of the molecule is CCc1ccc(CCC(=O)Nc2ncc(Cc3ccc(Br)cc3)s2)o1. The third kappa shape index (κ3) is 5.28. The molecular weight excluding hydrogens is 400 g/mol. The van der Waals surface area contributed by atoms with E-state index in [4.69, 9.17) is 4.42 Å². The number of nitrogens with one attached hydrogen (secondary N) is 1. The molecule has 0 saturated heterocycles. The molecular formula is C19H19BrN2O2S. The van der Waals surface area contributed by atoms with Gasteiger partial charge in [-0.15, -0.1) is 11.3 Å². The fourth-order valence-corrected chi connectivity index (χ4v) is 3.54. The standard InChI is InChI=1S/C19H19BrN2O2S/c1-2-15-7-8-16(24-15)9-10-18(23)22-19-21-12-17(25-19)11-13-3-5-14(20)6-4-13/h3-8,12H,2,9-11H2,1H3,(H,21,22,23). The first-order valence-corrected chi connectivity index (χ1v) is 9.80. The molecule has 2 aromatic heterocycles. The van der Waals surface area contributed by atoms with Gasteiger partial charge in [-0.05, 0) is 29.8 Å². The van der Waals surface area contributed by atoms with Crippen molar-refractivity contribution in [1.82, 2.24) is 4.98 Å². The van der Waals surface area contributed by atoms with Crippen LogP contribution in [0.15, 0.2) is 51.5 Å². The molecule has 0 fully saturated rings. The second kappa shape index (κ2) is 8.45. The molecule has 0 aliphatic carbocycles. The molecule has 0 aliphatic rings. The Morgan fingerprint density at radius 3 is 2.68 bits per heavy atom. The second-order valence-corrected chi connectivity index (χ2v) is 7.74. The van der Waals surface area contributed by atoms with E-state index < -0.39 is 0 Å². The maximum atomic E-state index is 12.1. The molecule has 0 unspecified atom stereocenters. The highest BCUT2D eigenvalue weighted by atomic mass is 79.9. The average Bonchev–Trinajstić information content (AvgIpc) is 3.24. The van der Waals surface area contributed by atoms with Crippen molar-refractivity contribution in [1.29, 1.82) is 0 Å². The molecule has 1 amide bonds. The van der Waals surface area contributed by atoms with Crippen molar-refractivity contribution >= 4 is 38.3 Å². The zero-order valence-corrected chi connectivity index (χ0v) is 16.3. The van der Waals surface area contributed by atoms with Crippen LogP contribution in [0.2, 0.25) is 0 Å². The molecule has 3 rings (SSSR count). The smallest absolute Gasteiger partial charge is 0.226 e. The van der Waals surface area contributed by atoms with E-state index >= 15 is 0 Å². The lowest BCUT2D eigenvalue weighted by atomic mass is 10.1. The van der Waals surface area contributed by atoms with E-state index in [1.807, 2.05) is 37.4 Å². The Labute approximate surface area is 159 Å². The van der Waals surface area contributed by atoms with Crippen molar-refractivity contribution in [2.75, 3.05) is 5.32 Å². The molecule has 0 radical (unpaired) electrons. The van der Waals surface area contributed by atoms with Gasteiger partial charge in [0, 0.05) is 41.2 Å². The van der Waals surface area contributed by atoms with Crippen molar-refractivity contribution in [3.63, 3.8) is 0 Å². The minimum atomic E-state index is -0.0426. The van der Waals surface area contributed by atoms with Gasteiger partial charge in [-0.3, -0.25) is 4.79 Å². The number of carbonyl (C=O) groups excluding carboxylic acids is 1. The van der Waals surface area contributed by atoms with Crippen LogP contribution in [0.4, 0.5) is 5.13 Å². The lowest BCUT2D eigenvalue weighted by Gasteiger charge is -2.00. The van der Waals surface area contributed by atoms with E-state index in [0.29, 0.717) is 18.0 Å². The zero-order valence-electron chi connectivity index (χ0n) is 13.9. The van der Waals surface area contributed by atoms with Crippen LogP contribution >= 0.6 is 27.3 Å². The Morgan fingerprint density at radius 2 is 1.96 bits per heavy atom. The number of amides is 1. The number of aryl methyl sites for hydroxylation is 2. The average molecular weight is 419 g/mol. The van der Waals surface area contributed by atoms with Gasteiger partial charge in [-0.2, -0.15) is 0 Å². The number of hydrogen-bond acceptors (Lipinski definition) is 4. The van der Waals surface area contributed by atoms with Gasteiger partial charge in [0.2, 0.25) is 5.91 Å². The van der Waals surface area contributed by atoms with E-state index in [9.17, 15) is 4.79 Å². The lowest BCUT2D eigenvalue weighted by molar-refractivity contribution is -0.116. The van der Waals surface area contributed by atoms with Crippen LogP contribution in [0.5, 0.6) is 0 Å². The van der Waals surface area contributed by atoms with Gasteiger partial charge in [0.15, 0.2) is 5.13 Å². The van der Waals surface area contributed by atoms with E-state index in [0.717, 1.165) is 33.7 Å². The molecule has 0 spiro atoms. The van der Waals surface area contributed by atoms with Crippen LogP contribution in [0, 0.1) is 0 Å². The van der Waals surface area contributed by atoms with Gasteiger partial charge in [0.1, 0.15) is 11.5 Å². The second-order valence-electron chi connectivity index (χ2n) is 5.70. The number of halogens is 1. The Kier molecular flexibility index (Phi) is 6.04. The normalized spacial score (nSPS) is 10.8. The third-order valence-corrected chi connectivity index (χ3v) is 5.20. The van der Waals surface area contributed by atoms with Gasteiger partial charge >= 0.3 is 0 Å². The molecule has 6 heteroatoms. The number of aromatic nitrogens is 1. The monoisotopic (exact) mass is 418 g/mol. The number of furan rings is 1. The van der Waals surface area contributed by atoms with Gasteiger partial charge in [0.25, 0.3) is 0 Å². The predicted octanol–water partition coefficient (Wildman–Crippen LogP) is 5.22. The molecule has 0 saturated carbocycles. The van der Waals surface area contributed by atoms with Gasteiger partial charge in [-0.1, -0.05) is 35.0 Å². The Morgan fingerprint density at radius 1 is 1.20 bits per heavy atom. The molecule has 3 aromatic rings. The minimum absolute atomic E-state index is 0.0426. The first-order valence-electron chi connectivity index (χ1n) is 8.19. The highest BCUT2D eigenvalue weighted by Crippen LogP contribution is 2.22. The summed E-state index contributed by atoms with van der Waals surface area (Å²) in [5.41, 5.74) is 1.22. The first-order chi connectivity index (χ1) is 12.1.